The Bertz CT molecular complexity index is 434. The van der Waals surface area contributed by atoms with Gasteiger partial charge in [-0.05, 0) is 11.6 Å². The minimum Gasteiger partial charge on any atom is -0.392 e. The van der Waals surface area contributed by atoms with Crippen LogP contribution in [-0.2, 0) is 13.7 Å². The van der Waals surface area contributed by atoms with E-state index in [2.05, 4.69) is 4.98 Å². The van der Waals surface area contributed by atoms with Crippen molar-refractivity contribution in [3.05, 3.63) is 42.4 Å². The zero-order valence-corrected chi connectivity index (χ0v) is 8.01. The van der Waals surface area contributed by atoms with Gasteiger partial charge >= 0.3 is 0 Å². The van der Waals surface area contributed by atoms with Gasteiger partial charge in [-0.1, -0.05) is 18.2 Å². The second-order valence-corrected chi connectivity index (χ2v) is 3.28. The van der Waals surface area contributed by atoms with Crippen LogP contribution in [0, 0.1) is 0 Å². The highest BCUT2D eigenvalue weighted by Crippen LogP contribution is 2.17. The molecule has 3 nitrogen and oxygen atoms in total. The van der Waals surface area contributed by atoms with E-state index in [4.69, 9.17) is 5.11 Å². The molecule has 1 aromatic heterocycles. The van der Waals surface area contributed by atoms with Gasteiger partial charge in [-0.25, -0.2) is 4.98 Å². The molecular formula is C11H12N2O. The number of aliphatic hydroxyl groups is 1. The van der Waals surface area contributed by atoms with Crippen LogP contribution in [0.2, 0.25) is 0 Å². The van der Waals surface area contributed by atoms with E-state index in [-0.39, 0.29) is 6.61 Å². The number of aliphatic hydroxyl groups excluding tert-OH is 1. The molecule has 0 saturated carbocycles. The Hall–Kier alpha value is -1.61. The molecule has 0 unspecified atom stereocenters. The summed E-state index contributed by atoms with van der Waals surface area (Å²) in [4.78, 5) is 4.24. The largest absolute Gasteiger partial charge is 0.392 e. The predicted octanol–water partition coefficient (Wildman–Crippen LogP) is 1.58. The van der Waals surface area contributed by atoms with Gasteiger partial charge in [0, 0.05) is 18.8 Å². The summed E-state index contributed by atoms with van der Waals surface area (Å²) in [7, 11) is 1.94. The zero-order valence-electron chi connectivity index (χ0n) is 8.01. The van der Waals surface area contributed by atoms with Gasteiger partial charge in [0.1, 0.15) is 0 Å². The van der Waals surface area contributed by atoms with Gasteiger partial charge in [0.15, 0.2) is 0 Å². The number of imidazole rings is 1. The molecule has 2 rings (SSSR count). The van der Waals surface area contributed by atoms with Crippen molar-refractivity contribution in [3.8, 4) is 11.3 Å². The molecule has 1 aromatic carbocycles. The van der Waals surface area contributed by atoms with Crippen molar-refractivity contribution in [3.63, 3.8) is 0 Å². The van der Waals surface area contributed by atoms with Crippen molar-refractivity contribution in [2.75, 3.05) is 0 Å². The maximum absolute atomic E-state index is 8.99. The number of aryl methyl sites for hydroxylation is 1. The lowest BCUT2D eigenvalue weighted by molar-refractivity contribution is 0.282. The quantitative estimate of drug-likeness (QED) is 0.777. The predicted molar refractivity (Wildman–Crippen MR) is 54.6 cm³/mol. The first-order valence-corrected chi connectivity index (χ1v) is 4.48. The average Bonchev–Trinajstić information content (AvgIpc) is 2.65. The molecule has 0 saturated heterocycles. The summed E-state index contributed by atoms with van der Waals surface area (Å²) in [5, 5.41) is 8.99. The highest BCUT2D eigenvalue weighted by molar-refractivity contribution is 5.59. The first-order chi connectivity index (χ1) is 6.79. The van der Waals surface area contributed by atoms with Crippen molar-refractivity contribution in [1.82, 2.24) is 9.55 Å². The van der Waals surface area contributed by atoms with Crippen LogP contribution in [0.5, 0.6) is 0 Å². The molecule has 1 N–H and O–H groups in total. The third-order valence-electron chi connectivity index (χ3n) is 2.11. The lowest BCUT2D eigenvalue weighted by atomic mass is 10.1. The Morgan fingerprint density at radius 3 is 2.93 bits per heavy atom. The Labute approximate surface area is 82.7 Å². The summed E-state index contributed by atoms with van der Waals surface area (Å²) in [5.74, 6) is 0. The van der Waals surface area contributed by atoms with Crippen molar-refractivity contribution < 1.29 is 5.11 Å². The summed E-state index contributed by atoms with van der Waals surface area (Å²) in [6.45, 7) is 0.0701. The molecule has 0 radical (unpaired) electrons. The molecule has 0 aliphatic rings. The van der Waals surface area contributed by atoms with Crippen molar-refractivity contribution in [2.45, 2.75) is 6.61 Å². The van der Waals surface area contributed by atoms with E-state index in [1.807, 2.05) is 42.1 Å². The van der Waals surface area contributed by atoms with E-state index < -0.39 is 0 Å². The second-order valence-electron chi connectivity index (χ2n) is 3.28. The molecule has 0 bridgehead atoms. The third kappa shape index (κ3) is 1.67. The molecular weight excluding hydrogens is 176 g/mol. The fourth-order valence-corrected chi connectivity index (χ4v) is 1.39. The lowest BCUT2D eigenvalue weighted by Crippen LogP contribution is -1.84. The van der Waals surface area contributed by atoms with Gasteiger partial charge in [0.05, 0.1) is 18.6 Å². The van der Waals surface area contributed by atoms with E-state index in [0.29, 0.717) is 0 Å². The standard InChI is InChI=1S/C11H12N2O/c1-13-6-11(12-8-13)10-4-2-3-9(5-10)7-14/h2-6,8,14H,7H2,1H3. The monoisotopic (exact) mass is 188 g/mol. The smallest absolute Gasteiger partial charge is 0.0951 e. The zero-order chi connectivity index (χ0) is 9.97. The Morgan fingerprint density at radius 1 is 1.43 bits per heavy atom. The minimum absolute atomic E-state index is 0.0701. The second kappa shape index (κ2) is 3.64. The SMILES string of the molecule is Cn1cnc(-c2cccc(CO)c2)c1. The Kier molecular flexibility index (Phi) is 2.33. The van der Waals surface area contributed by atoms with Crippen LogP contribution in [0.1, 0.15) is 5.56 Å². The molecule has 0 atom stereocenters. The first kappa shape index (κ1) is 8.97. The van der Waals surface area contributed by atoms with Gasteiger partial charge in [0.2, 0.25) is 0 Å². The van der Waals surface area contributed by atoms with Gasteiger partial charge < -0.3 is 9.67 Å². The molecule has 2 aromatic rings. The molecule has 0 amide bonds. The fraction of sp³-hybridized carbons (Fsp3) is 0.182. The molecule has 0 spiro atoms. The normalized spacial score (nSPS) is 10.4. The summed E-state index contributed by atoms with van der Waals surface area (Å²) >= 11 is 0. The van der Waals surface area contributed by atoms with Crippen molar-refractivity contribution in [1.29, 1.82) is 0 Å². The maximum atomic E-state index is 8.99. The molecule has 3 heteroatoms. The third-order valence-corrected chi connectivity index (χ3v) is 2.11. The van der Waals surface area contributed by atoms with Crippen molar-refractivity contribution >= 4 is 0 Å². The topological polar surface area (TPSA) is 38.0 Å². The molecule has 1 heterocycles. The van der Waals surface area contributed by atoms with Crippen LogP contribution in [0.4, 0.5) is 0 Å². The van der Waals surface area contributed by atoms with Gasteiger partial charge in [-0.2, -0.15) is 0 Å². The summed E-state index contributed by atoms with van der Waals surface area (Å²) in [5.41, 5.74) is 2.88. The minimum atomic E-state index is 0.0701. The highest BCUT2D eigenvalue weighted by atomic mass is 16.3. The van der Waals surface area contributed by atoms with E-state index in [9.17, 15) is 0 Å². The number of benzene rings is 1. The molecule has 72 valence electrons. The van der Waals surface area contributed by atoms with Crippen molar-refractivity contribution in [2.24, 2.45) is 7.05 Å². The summed E-state index contributed by atoms with van der Waals surface area (Å²) in [6, 6.07) is 7.76. The Morgan fingerprint density at radius 2 is 2.29 bits per heavy atom. The van der Waals surface area contributed by atoms with Crippen LogP contribution in [0.25, 0.3) is 11.3 Å². The number of hydrogen-bond acceptors (Lipinski definition) is 2. The fourth-order valence-electron chi connectivity index (χ4n) is 1.39. The van der Waals surface area contributed by atoms with E-state index in [1.165, 1.54) is 0 Å². The average molecular weight is 188 g/mol. The van der Waals surface area contributed by atoms with Crippen LogP contribution in [0.15, 0.2) is 36.8 Å². The van der Waals surface area contributed by atoms with E-state index >= 15 is 0 Å². The molecule has 0 aliphatic heterocycles. The summed E-state index contributed by atoms with van der Waals surface area (Å²) in [6.07, 6.45) is 3.72. The van der Waals surface area contributed by atoms with Crippen LogP contribution >= 0.6 is 0 Å². The number of aromatic nitrogens is 2. The van der Waals surface area contributed by atoms with Gasteiger partial charge in [0.25, 0.3) is 0 Å². The van der Waals surface area contributed by atoms with Gasteiger partial charge in [-0.3, -0.25) is 0 Å². The highest BCUT2D eigenvalue weighted by Gasteiger charge is 2.00. The first-order valence-electron chi connectivity index (χ1n) is 4.48. The van der Waals surface area contributed by atoms with Crippen LogP contribution < -0.4 is 0 Å². The number of rotatable bonds is 2. The van der Waals surface area contributed by atoms with Crippen LogP contribution in [0.3, 0.4) is 0 Å². The number of nitrogens with zero attached hydrogens (tertiary/aromatic N) is 2. The Balaban J connectivity index is 2.41. The maximum Gasteiger partial charge on any atom is 0.0951 e. The number of hydrogen-bond donors (Lipinski definition) is 1. The molecule has 0 aliphatic carbocycles. The van der Waals surface area contributed by atoms with Gasteiger partial charge in [-0.15, -0.1) is 0 Å². The lowest BCUT2D eigenvalue weighted by Gasteiger charge is -1.99. The molecule has 0 fully saturated rings. The summed E-state index contributed by atoms with van der Waals surface area (Å²) < 4.78 is 1.90. The van der Waals surface area contributed by atoms with E-state index in [0.717, 1.165) is 16.8 Å². The van der Waals surface area contributed by atoms with E-state index in [1.54, 1.807) is 6.33 Å². The van der Waals surface area contributed by atoms with Crippen LogP contribution in [-0.4, -0.2) is 14.7 Å². The molecule has 14 heavy (non-hydrogen) atoms.